The third-order valence-electron chi connectivity index (χ3n) is 4.43. The Bertz CT molecular complexity index is 1160. The van der Waals surface area contributed by atoms with Crippen molar-refractivity contribution in [3.63, 3.8) is 0 Å². The normalized spacial score (nSPS) is 12.1. The van der Waals surface area contributed by atoms with Crippen LogP contribution in [0.25, 0.3) is 5.69 Å². The Balaban J connectivity index is 1.89. The minimum atomic E-state index is -4.81. The van der Waals surface area contributed by atoms with Gasteiger partial charge < -0.3 is 16.9 Å². The number of nitrogens with one attached hydrogen (secondary N) is 1. The lowest BCUT2D eigenvalue weighted by Crippen LogP contribution is -2.22. The maximum absolute atomic E-state index is 13.3. The molecule has 11 heteroatoms. The number of nitrogens with two attached hydrogens (primary N) is 2. The van der Waals surface area contributed by atoms with Crippen molar-refractivity contribution in [1.82, 2.24) is 9.55 Å². The van der Waals surface area contributed by atoms with E-state index in [1.54, 1.807) is 24.3 Å². The summed E-state index contributed by atoms with van der Waals surface area (Å²) >= 11 is 0. The van der Waals surface area contributed by atoms with Crippen LogP contribution < -0.4 is 22.5 Å². The quantitative estimate of drug-likeness (QED) is 0.181. The van der Waals surface area contributed by atoms with Crippen LogP contribution >= 0.6 is 0 Å². The van der Waals surface area contributed by atoms with Crippen molar-refractivity contribution >= 4 is 17.3 Å². The number of rotatable bonds is 6. The molecule has 0 bridgehead atoms. The minimum absolute atomic E-state index is 0.309. The van der Waals surface area contributed by atoms with Crippen LogP contribution in [0.3, 0.4) is 0 Å². The van der Waals surface area contributed by atoms with E-state index in [4.69, 9.17) is 11.6 Å². The number of hydrogen-bond donors (Lipinski definition) is 3. The Morgan fingerprint density at radius 3 is 2.52 bits per heavy atom. The first kappa shape index (κ1) is 21.8. The van der Waals surface area contributed by atoms with E-state index in [2.05, 4.69) is 15.4 Å². The summed E-state index contributed by atoms with van der Waals surface area (Å²) in [5, 5.41) is 5.76. The number of hydrazone groups is 1. The highest BCUT2D eigenvalue weighted by Gasteiger charge is 2.34. The van der Waals surface area contributed by atoms with Crippen LogP contribution in [-0.4, -0.2) is 15.4 Å². The molecular weight excluding hydrogens is 416 g/mol. The van der Waals surface area contributed by atoms with Gasteiger partial charge in [0.05, 0.1) is 11.3 Å². The smallest absolute Gasteiger partial charge is 0.386 e. The number of amidine groups is 1. The van der Waals surface area contributed by atoms with Gasteiger partial charge in [-0.2, -0.15) is 18.3 Å². The van der Waals surface area contributed by atoms with Gasteiger partial charge in [-0.25, -0.2) is 9.37 Å². The van der Waals surface area contributed by atoms with Crippen molar-refractivity contribution in [3.05, 3.63) is 82.2 Å². The number of halogens is 4. The number of hydrogen-bond acceptors (Lipinski definition) is 5. The molecule has 0 aliphatic heterocycles. The van der Waals surface area contributed by atoms with Crippen molar-refractivity contribution in [2.45, 2.75) is 19.0 Å². The lowest BCUT2D eigenvalue weighted by atomic mass is 10.1. The van der Waals surface area contributed by atoms with Gasteiger partial charge >= 0.3 is 6.18 Å². The largest absolute Gasteiger partial charge is 0.418 e. The summed E-state index contributed by atoms with van der Waals surface area (Å²) in [6.07, 6.45) is -1.09. The fourth-order valence-corrected chi connectivity index (χ4v) is 2.85. The molecule has 0 amide bonds. The average molecular weight is 434 g/mol. The number of nitrogens with zero attached hydrogens (tertiary/aromatic N) is 3. The van der Waals surface area contributed by atoms with Crippen LogP contribution in [0.2, 0.25) is 0 Å². The maximum Gasteiger partial charge on any atom is 0.418 e. The van der Waals surface area contributed by atoms with Gasteiger partial charge in [0.1, 0.15) is 11.7 Å². The van der Waals surface area contributed by atoms with E-state index in [1.807, 2.05) is 0 Å². The molecule has 31 heavy (non-hydrogen) atoms. The highest BCUT2D eigenvalue weighted by atomic mass is 19.4. The second-order valence-corrected chi connectivity index (χ2v) is 6.55. The monoisotopic (exact) mass is 434 g/mol. The highest BCUT2D eigenvalue weighted by molar-refractivity contribution is 5.80. The summed E-state index contributed by atoms with van der Waals surface area (Å²) in [6, 6.07) is 9.03. The molecule has 0 radical (unpaired) electrons. The van der Waals surface area contributed by atoms with Crippen LogP contribution in [-0.2, 0) is 12.6 Å². The molecule has 3 rings (SSSR count). The predicted molar refractivity (Wildman–Crippen MR) is 109 cm³/mol. The molecular formula is C20H18F4N6O. The standard InChI is InChI=1S/C20H18F4N6O/c21-13-4-7-16(15(11-13)20(22,23)24)28-18-19(31)30(10-9-27-18)14-5-1-12(2-6-14)3-8-17(25)29-26/h1-2,4-7,9-11H,3,8,26H2,(H2,25,29)(H,27,28). The zero-order valence-electron chi connectivity index (χ0n) is 16.0. The van der Waals surface area contributed by atoms with E-state index >= 15 is 0 Å². The van der Waals surface area contributed by atoms with Crippen molar-refractivity contribution in [1.29, 1.82) is 0 Å². The molecule has 1 heterocycles. The fraction of sp³-hybridized carbons (Fsp3) is 0.150. The van der Waals surface area contributed by atoms with Crippen LogP contribution in [0.15, 0.2) is 64.8 Å². The van der Waals surface area contributed by atoms with Gasteiger partial charge in [0, 0.05) is 24.5 Å². The summed E-state index contributed by atoms with van der Waals surface area (Å²) in [6.45, 7) is 0. The molecule has 0 aliphatic carbocycles. The zero-order valence-corrected chi connectivity index (χ0v) is 16.0. The Kier molecular flexibility index (Phi) is 6.23. The Labute approximate surface area is 174 Å². The fourth-order valence-electron chi connectivity index (χ4n) is 2.85. The van der Waals surface area contributed by atoms with Gasteiger partial charge in [-0.15, -0.1) is 0 Å². The van der Waals surface area contributed by atoms with Gasteiger partial charge in [-0.05, 0) is 42.3 Å². The van der Waals surface area contributed by atoms with E-state index in [0.717, 1.165) is 17.7 Å². The summed E-state index contributed by atoms with van der Waals surface area (Å²) in [4.78, 5) is 16.6. The Morgan fingerprint density at radius 2 is 1.87 bits per heavy atom. The van der Waals surface area contributed by atoms with Crippen molar-refractivity contribution in [2.75, 3.05) is 5.32 Å². The molecule has 0 saturated carbocycles. The van der Waals surface area contributed by atoms with Gasteiger partial charge in [-0.3, -0.25) is 9.36 Å². The first-order valence-electron chi connectivity index (χ1n) is 9.02. The molecule has 162 valence electrons. The average Bonchev–Trinajstić information content (AvgIpc) is 2.74. The van der Waals surface area contributed by atoms with Crippen LogP contribution in [0.5, 0.6) is 0 Å². The summed E-state index contributed by atoms with van der Waals surface area (Å²) in [5.41, 5.74) is 4.57. The lowest BCUT2D eigenvalue weighted by Gasteiger charge is -2.15. The molecule has 5 N–H and O–H groups in total. The van der Waals surface area contributed by atoms with Crippen molar-refractivity contribution in [3.8, 4) is 5.69 Å². The lowest BCUT2D eigenvalue weighted by molar-refractivity contribution is -0.137. The first-order chi connectivity index (χ1) is 14.7. The third kappa shape index (κ3) is 5.18. The van der Waals surface area contributed by atoms with Gasteiger partial charge in [0.15, 0.2) is 5.82 Å². The van der Waals surface area contributed by atoms with Crippen LogP contribution in [0.1, 0.15) is 17.5 Å². The van der Waals surface area contributed by atoms with E-state index in [1.165, 1.54) is 17.0 Å². The number of aromatic nitrogens is 2. The minimum Gasteiger partial charge on any atom is -0.386 e. The first-order valence-corrected chi connectivity index (χ1v) is 9.02. The number of alkyl halides is 3. The highest BCUT2D eigenvalue weighted by Crippen LogP contribution is 2.36. The number of aryl methyl sites for hydroxylation is 1. The molecule has 7 nitrogen and oxygen atoms in total. The molecule has 3 aromatic rings. The molecule has 0 unspecified atom stereocenters. The van der Waals surface area contributed by atoms with Crippen LogP contribution in [0.4, 0.5) is 29.1 Å². The van der Waals surface area contributed by atoms with E-state index < -0.39 is 28.8 Å². The van der Waals surface area contributed by atoms with Gasteiger partial charge in [0.2, 0.25) is 0 Å². The van der Waals surface area contributed by atoms with Crippen molar-refractivity contribution in [2.24, 2.45) is 16.7 Å². The van der Waals surface area contributed by atoms with Crippen LogP contribution in [0, 0.1) is 5.82 Å². The predicted octanol–water partition coefficient (Wildman–Crippen LogP) is 3.30. The molecule has 0 atom stereocenters. The summed E-state index contributed by atoms with van der Waals surface area (Å²) in [7, 11) is 0. The molecule has 2 aromatic carbocycles. The topological polar surface area (TPSA) is 111 Å². The van der Waals surface area contributed by atoms with E-state index in [0.29, 0.717) is 30.4 Å². The molecule has 0 spiro atoms. The molecule has 0 aliphatic rings. The molecule has 0 saturated heterocycles. The third-order valence-corrected chi connectivity index (χ3v) is 4.43. The SMILES string of the molecule is N/N=C(\N)CCc1ccc(-n2ccnc(Nc3ccc(F)cc3C(F)(F)F)c2=O)cc1. The van der Waals surface area contributed by atoms with E-state index in [-0.39, 0.29) is 5.82 Å². The van der Waals surface area contributed by atoms with Crippen molar-refractivity contribution < 1.29 is 17.6 Å². The second-order valence-electron chi connectivity index (χ2n) is 6.55. The van der Waals surface area contributed by atoms with E-state index in [9.17, 15) is 22.4 Å². The Hall–Kier alpha value is -3.89. The number of anilines is 2. The number of benzene rings is 2. The molecule has 0 fully saturated rings. The maximum atomic E-state index is 13.3. The second kappa shape index (κ2) is 8.86. The zero-order chi connectivity index (χ0) is 22.6. The summed E-state index contributed by atoms with van der Waals surface area (Å²) < 4.78 is 54.2. The Morgan fingerprint density at radius 1 is 1.16 bits per heavy atom. The van der Waals surface area contributed by atoms with Gasteiger partial charge in [0.25, 0.3) is 5.56 Å². The summed E-state index contributed by atoms with van der Waals surface area (Å²) in [5.74, 6) is 4.02. The van der Waals surface area contributed by atoms with Gasteiger partial charge in [-0.1, -0.05) is 12.1 Å². The molecule has 1 aromatic heterocycles.